The van der Waals surface area contributed by atoms with Gasteiger partial charge in [-0.2, -0.15) is 0 Å². The molecule has 0 spiro atoms. The first-order valence-corrected chi connectivity index (χ1v) is 16.2. The molecule has 0 aliphatic rings. The van der Waals surface area contributed by atoms with Crippen LogP contribution in [0.25, 0.3) is 0 Å². The molecule has 0 unspecified atom stereocenters. The van der Waals surface area contributed by atoms with Crippen LogP contribution in [0, 0.1) is 6.92 Å². The van der Waals surface area contributed by atoms with Crippen LogP contribution in [0.1, 0.15) is 42.9 Å². The van der Waals surface area contributed by atoms with E-state index in [1.165, 1.54) is 4.31 Å². The number of halogens is 2. The maximum Gasteiger partial charge on any atom is 0.243 e. The SMILES string of the molecule is CCCNC(=O)[C@H](Cc1ccccc1)N(Cc1ccc(Cl)cc1Cl)C(=O)CCCN(c1cccc(C)c1)S(C)(=O)=O. The molecule has 7 nitrogen and oxygen atoms in total. The van der Waals surface area contributed by atoms with Crippen molar-refractivity contribution in [3.05, 3.63) is 99.5 Å². The maximum atomic E-state index is 13.9. The van der Waals surface area contributed by atoms with E-state index in [1.54, 1.807) is 41.3 Å². The van der Waals surface area contributed by atoms with Crippen molar-refractivity contribution in [1.82, 2.24) is 10.2 Å². The Kier molecular flexibility index (Phi) is 12.1. The van der Waals surface area contributed by atoms with E-state index >= 15 is 0 Å². The first-order valence-electron chi connectivity index (χ1n) is 13.6. The van der Waals surface area contributed by atoms with Gasteiger partial charge >= 0.3 is 0 Å². The van der Waals surface area contributed by atoms with Gasteiger partial charge in [-0.1, -0.05) is 78.7 Å². The lowest BCUT2D eigenvalue weighted by Crippen LogP contribution is -2.50. The number of rotatable bonds is 14. The van der Waals surface area contributed by atoms with Crippen molar-refractivity contribution in [3.63, 3.8) is 0 Å². The molecule has 0 heterocycles. The van der Waals surface area contributed by atoms with Crippen molar-refractivity contribution in [2.45, 2.75) is 52.1 Å². The summed E-state index contributed by atoms with van der Waals surface area (Å²) in [6.45, 7) is 4.55. The third-order valence-electron chi connectivity index (χ3n) is 6.62. The highest BCUT2D eigenvalue weighted by Gasteiger charge is 2.31. The number of carbonyl (C=O) groups excluding carboxylic acids is 2. The van der Waals surface area contributed by atoms with Crippen molar-refractivity contribution in [2.75, 3.05) is 23.7 Å². The number of amides is 2. The van der Waals surface area contributed by atoms with Gasteiger partial charge in [-0.25, -0.2) is 8.42 Å². The zero-order valence-corrected chi connectivity index (χ0v) is 26.0. The van der Waals surface area contributed by atoms with Crippen molar-refractivity contribution in [1.29, 1.82) is 0 Å². The second-order valence-electron chi connectivity index (χ2n) is 10.0. The number of benzene rings is 3. The van der Waals surface area contributed by atoms with Gasteiger partial charge in [0.1, 0.15) is 6.04 Å². The lowest BCUT2D eigenvalue weighted by molar-refractivity contribution is -0.141. The Morgan fingerprint density at radius 2 is 1.71 bits per heavy atom. The van der Waals surface area contributed by atoms with Crippen LogP contribution in [-0.4, -0.2) is 50.5 Å². The van der Waals surface area contributed by atoms with E-state index in [1.807, 2.05) is 50.2 Å². The first-order chi connectivity index (χ1) is 19.5. The van der Waals surface area contributed by atoms with Crippen molar-refractivity contribution in [2.24, 2.45) is 0 Å². The lowest BCUT2D eigenvalue weighted by Gasteiger charge is -2.32. The number of hydrogen-bond donors (Lipinski definition) is 1. The van der Waals surface area contributed by atoms with Crippen LogP contribution in [0.2, 0.25) is 10.0 Å². The van der Waals surface area contributed by atoms with Crippen LogP contribution in [0.3, 0.4) is 0 Å². The van der Waals surface area contributed by atoms with Crippen LogP contribution in [-0.2, 0) is 32.6 Å². The molecule has 1 N–H and O–H groups in total. The van der Waals surface area contributed by atoms with Gasteiger partial charge in [-0.3, -0.25) is 13.9 Å². The highest BCUT2D eigenvalue weighted by Crippen LogP contribution is 2.25. The van der Waals surface area contributed by atoms with Gasteiger partial charge in [0.25, 0.3) is 0 Å². The number of nitrogens with one attached hydrogen (secondary N) is 1. The quantitative estimate of drug-likeness (QED) is 0.240. The standard InChI is InChI=1S/C31H37Cl2N3O4S/c1-4-17-34-31(38)29(20-24-11-6-5-7-12-24)35(22-25-15-16-26(32)21-28(25)33)30(37)14-9-18-36(41(3,39)40)27-13-8-10-23(2)19-27/h5-8,10-13,15-16,19,21,29H,4,9,14,17-18,20,22H2,1-3H3,(H,34,38)/t29-/m0/s1. The molecule has 0 aliphatic carbocycles. The summed E-state index contributed by atoms with van der Waals surface area (Å²) < 4.78 is 26.5. The molecule has 1 atom stereocenters. The number of aryl methyl sites for hydroxylation is 1. The minimum atomic E-state index is -3.58. The molecule has 3 aromatic carbocycles. The summed E-state index contributed by atoms with van der Waals surface area (Å²) in [7, 11) is -3.58. The molecule has 220 valence electrons. The summed E-state index contributed by atoms with van der Waals surface area (Å²) in [6.07, 6.45) is 2.52. The van der Waals surface area contributed by atoms with Gasteiger partial charge < -0.3 is 10.2 Å². The summed E-state index contributed by atoms with van der Waals surface area (Å²) in [6, 6.07) is 21.0. The van der Waals surface area contributed by atoms with Gasteiger partial charge in [0.15, 0.2) is 0 Å². The predicted octanol–water partition coefficient (Wildman–Crippen LogP) is 6.01. The molecular formula is C31H37Cl2N3O4S. The highest BCUT2D eigenvalue weighted by molar-refractivity contribution is 7.92. The molecule has 0 aliphatic heterocycles. The highest BCUT2D eigenvalue weighted by atomic mass is 35.5. The molecule has 2 amide bonds. The van der Waals surface area contributed by atoms with Gasteiger partial charge in [-0.15, -0.1) is 0 Å². The fourth-order valence-electron chi connectivity index (χ4n) is 4.54. The topological polar surface area (TPSA) is 86.8 Å². The van der Waals surface area contributed by atoms with Gasteiger partial charge in [0.05, 0.1) is 11.9 Å². The third-order valence-corrected chi connectivity index (χ3v) is 8.40. The largest absolute Gasteiger partial charge is 0.354 e. The van der Waals surface area contributed by atoms with Crippen molar-refractivity contribution >= 4 is 50.7 Å². The minimum absolute atomic E-state index is 0.0371. The molecule has 41 heavy (non-hydrogen) atoms. The van der Waals surface area contributed by atoms with E-state index in [0.717, 1.165) is 23.8 Å². The van der Waals surface area contributed by atoms with Crippen LogP contribution >= 0.6 is 23.2 Å². The Labute approximate surface area is 253 Å². The van der Waals surface area contributed by atoms with Crippen LogP contribution in [0.15, 0.2) is 72.8 Å². The summed E-state index contributed by atoms with van der Waals surface area (Å²) in [5.74, 6) is -0.534. The fourth-order valence-corrected chi connectivity index (χ4v) is 5.97. The summed E-state index contributed by atoms with van der Waals surface area (Å²) in [4.78, 5) is 28.9. The normalized spacial score (nSPS) is 12.0. The second kappa shape index (κ2) is 15.2. The molecule has 0 aromatic heterocycles. The Hall–Kier alpha value is -3.07. The summed E-state index contributed by atoms with van der Waals surface area (Å²) in [5.41, 5.74) is 3.04. The van der Waals surface area contributed by atoms with Gasteiger partial charge in [0, 0.05) is 42.5 Å². The lowest BCUT2D eigenvalue weighted by atomic mass is 10.0. The predicted molar refractivity (Wildman–Crippen MR) is 167 cm³/mol. The third kappa shape index (κ3) is 9.76. The number of hydrogen-bond acceptors (Lipinski definition) is 4. The zero-order valence-electron chi connectivity index (χ0n) is 23.6. The van der Waals surface area contributed by atoms with Gasteiger partial charge in [-0.05, 0) is 60.7 Å². The average molecular weight is 619 g/mol. The Morgan fingerprint density at radius 1 is 0.976 bits per heavy atom. The van der Waals surface area contributed by atoms with Crippen LogP contribution in [0.4, 0.5) is 5.69 Å². The molecule has 0 fully saturated rings. The molecule has 3 rings (SSSR count). The fraction of sp³-hybridized carbons (Fsp3) is 0.355. The number of anilines is 1. The zero-order chi connectivity index (χ0) is 30.0. The monoisotopic (exact) mass is 617 g/mol. The van der Waals surface area contributed by atoms with E-state index in [2.05, 4.69) is 5.32 Å². The van der Waals surface area contributed by atoms with Crippen molar-refractivity contribution in [3.8, 4) is 0 Å². The average Bonchev–Trinajstić information content (AvgIpc) is 2.92. The molecule has 3 aromatic rings. The smallest absolute Gasteiger partial charge is 0.243 e. The molecule has 0 saturated carbocycles. The van der Waals surface area contributed by atoms with E-state index in [0.29, 0.717) is 34.3 Å². The van der Waals surface area contributed by atoms with E-state index in [9.17, 15) is 18.0 Å². The number of sulfonamides is 1. The Balaban J connectivity index is 1.90. The van der Waals surface area contributed by atoms with Gasteiger partial charge in [0.2, 0.25) is 21.8 Å². The first kappa shape index (κ1) is 32.4. The molecule has 0 radical (unpaired) electrons. The van der Waals surface area contributed by atoms with E-state index in [4.69, 9.17) is 23.2 Å². The number of nitrogens with zero attached hydrogens (tertiary/aromatic N) is 2. The molecule has 10 heteroatoms. The second-order valence-corrected chi connectivity index (χ2v) is 12.8. The van der Waals surface area contributed by atoms with Crippen LogP contribution < -0.4 is 9.62 Å². The molecular weight excluding hydrogens is 581 g/mol. The summed E-state index contributed by atoms with van der Waals surface area (Å²) >= 11 is 12.6. The molecule has 0 bridgehead atoms. The summed E-state index contributed by atoms with van der Waals surface area (Å²) in [5, 5.41) is 3.81. The van der Waals surface area contributed by atoms with E-state index < -0.39 is 16.1 Å². The maximum absolute atomic E-state index is 13.9. The Bertz CT molecular complexity index is 1430. The minimum Gasteiger partial charge on any atom is -0.354 e. The van der Waals surface area contributed by atoms with E-state index in [-0.39, 0.29) is 37.7 Å². The number of carbonyl (C=O) groups is 2. The molecule has 0 saturated heterocycles. The Morgan fingerprint density at radius 3 is 2.34 bits per heavy atom. The van der Waals surface area contributed by atoms with Crippen LogP contribution in [0.5, 0.6) is 0 Å². The van der Waals surface area contributed by atoms with Crippen molar-refractivity contribution < 1.29 is 18.0 Å².